The van der Waals surface area contributed by atoms with Crippen molar-refractivity contribution in [2.24, 2.45) is 0 Å². The lowest BCUT2D eigenvalue weighted by Gasteiger charge is -2.11. The Hall–Kier alpha value is -1.55. The number of carbonyl (C=O) groups excluding carboxylic acids is 1. The predicted molar refractivity (Wildman–Crippen MR) is 86.7 cm³/mol. The van der Waals surface area contributed by atoms with Crippen LogP contribution in [0.3, 0.4) is 0 Å². The first-order chi connectivity index (χ1) is 10.1. The summed E-state index contributed by atoms with van der Waals surface area (Å²) in [5, 5.41) is 5.74. The molecule has 0 spiro atoms. The number of hydrogen-bond donors (Lipinski definition) is 2. The second-order valence-corrected chi connectivity index (χ2v) is 5.66. The van der Waals surface area contributed by atoms with E-state index < -0.39 is 0 Å². The number of benzene rings is 2. The lowest BCUT2D eigenvalue weighted by Crippen LogP contribution is -2.86. The molecule has 5 heteroatoms. The first kappa shape index (κ1) is 15.8. The van der Waals surface area contributed by atoms with E-state index in [2.05, 4.69) is 24.4 Å². The minimum atomic E-state index is -0.0954. The Labute approximate surface area is 134 Å². The molecule has 0 heterocycles. The third-order valence-electron chi connectivity index (χ3n) is 3.19. The van der Waals surface area contributed by atoms with Gasteiger partial charge < -0.3 is 10.6 Å². The molecule has 0 aliphatic rings. The fraction of sp³-hybridized carbons (Fsp3) is 0.188. The van der Waals surface area contributed by atoms with Crippen LogP contribution in [0.2, 0.25) is 10.0 Å². The Kier molecular flexibility index (Phi) is 5.62. The maximum absolute atomic E-state index is 12.0. The minimum absolute atomic E-state index is 0.0954. The maximum Gasteiger partial charge on any atom is 0.279 e. The van der Waals surface area contributed by atoms with E-state index in [0.717, 1.165) is 0 Å². The third kappa shape index (κ3) is 4.74. The molecule has 110 valence electrons. The van der Waals surface area contributed by atoms with Gasteiger partial charge in [-0.3, -0.25) is 4.79 Å². The van der Waals surface area contributed by atoms with Gasteiger partial charge in [0.2, 0.25) is 0 Å². The fourth-order valence-corrected chi connectivity index (χ4v) is 2.42. The third-order valence-corrected chi connectivity index (χ3v) is 3.74. The zero-order chi connectivity index (χ0) is 15.2. The standard InChI is InChI=1S/C16H16Cl2N2O/c1-11(12-5-3-2-4-6-12)19-10-16(21)20-15-8-7-13(17)9-14(15)18/h2-9,11,19H,10H2,1H3,(H,20,21)/p+1/t11-/m0/s1. The number of nitrogens with one attached hydrogen (secondary N) is 1. The van der Waals surface area contributed by atoms with Crippen LogP contribution in [-0.4, -0.2) is 12.5 Å². The number of nitrogens with two attached hydrogens (primary N) is 1. The van der Waals surface area contributed by atoms with Gasteiger partial charge in [-0.25, -0.2) is 0 Å². The van der Waals surface area contributed by atoms with Crippen LogP contribution in [-0.2, 0) is 4.79 Å². The van der Waals surface area contributed by atoms with Crippen LogP contribution in [0, 0.1) is 0 Å². The Morgan fingerprint density at radius 3 is 2.57 bits per heavy atom. The zero-order valence-electron chi connectivity index (χ0n) is 11.6. The highest BCUT2D eigenvalue weighted by Crippen LogP contribution is 2.25. The average Bonchev–Trinajstić information content (AvgIpc) is 2.48. The molecule has 21 heavy (non-hydrogen) atoms. The summed E-state index contributed by atoms with van der Waals surface area (Å²) in [6.45, 7) is 2.40. The van der Waals surface area contributed by atoms with Crippen molar-refractivity contribution in [2.45, 2.75) is 13.0 Å². The molecule has 3 nitrogen and oxygen atoms in total. The van der Waals surface area contributed by atoms with Gasteiger partial charge in [-0.1, -0.05) is 53.5 Å². The predicted octanol–water partition coefficient (Wildman–Crippen LogP) is 3.26. The Morgan fingerprint density at radius 2 is 1.90 bits per heavy atom. The van der Waals surface area contributed by atoms with E-state index >= 15 is 0 Å². The van der Waals surface area contributed by atoms with E-state index in [1.807, 2.05) is 23.5 Å². The zero-order valence-corrected chi connectivity index (χ0v) is 13.2. The summed E-state index contributed by atoms with van der Waals surface area (Å²) in [6.07, 6.45) is 0. The Bertz CT molecular complexity index is 617. The summed E-state index contributed by atoms with van der Waals surface area (Å²) >= 11 is 11.8. The van der Waals surface area contributed by atoms with Crippen LogP contribution < -0.4 is 10.6 Å². The number of halogens is 2. The van der Waals surface area contributed by atoms with Gasteiger partial charge >= 0.3 is 0 Å². The van der Waals surface area contributed by atoms with Crippen molar-refractivity contribution in [3.63, 3.8) is 0 Å². The van der Waals surface area contributed by atoms with Crippen molar-refractivity contribution < 1.29 is 10.1 Å². The van der Waals surface area contributed by atoms with Crippen molar-refractivity contribution in [2.75, 3.05) is 11.9 Å². The summed E-state index contributed by atoms with van der Waals surface area (Å²) in [5.74, 6) is -0.0954. The van der Waals surface area contributed by atoms with E-state index in [4.69, 9.17) is 23.2 Å². The van der Waals surface area contributed by atoms with Gasteiger partial charge in [0.15, 0.2) is 6.54 Å². The molecule has 3 N–H and O–H groups in total. The monoisotopic (exact) mass is 323 g/mol. The number of anilines is 1. The molecular formula is C16H17Cl2N2O+. The van der Waals surface area contributed by atoms with Gasteiger partial charge in [-0.15, -0.1) is 0 Å². The van der Waals surface area contributed by atoms with Crippen molar-refractivity contribution >= 4 is 34.8 Å². The molecule has 0 radical (unpaired) electrons. The van der Waals surface area contributed by atoms with Crippen molar-refractivity contribution in [1.29, 1.82) is 0 Å². The molecule has 0 saturated heterocycles. The number of quaternary nitrogens is 1. The second-order valence-electron chi connectivity index (χ2n) is 4.81. The van der Waals surface area contributed by atoms with Gasteiger partial charge in [0, 0.05) is 10.6 Å². The summed E-state index contributed by atoms with van der Waals surface area (Å²) in [7, 11) is 0. The topological polar surface area (TPSA) is 45.7 Å². The molecule has 0 aliphatic heterocycles. The highest BCUT2D eigenvalue weighted by atomic mass is 35.5. The van der Waals surface area contributed by atoms with Gasteiger partial charge in [0.05, 0.1) is 10.7 Å². The Balaban J connectivity index is 1.87. The van der Waals surface area contributed by atoms with Crippen LogP contribution in [0.1, 0.15) is 18.5 Å². The summed E-state index contributed by atoms with van der Waals surface area (Å²) in [4.78, 5) is 12.0. The normalized spacial score (nSPS) is 12.0. The average molecular weight is 324 g/mol. The van der Waals surface area contributed by atoms with E-state index in [-0.39, 0.29) is 11.9 Å². The number of carbonyl (C=O) groups is 1. The quantitative estimate of drug-likeness (QED) is 0.871. The molecular weight excluding hydrogens is 307 g/mol. The summed E-state index contributed by atoms with van der Waals surface area (Å²) in [5.41, 5.74) is 1.77. The van der Waals surface area contributed by atoms with Crippen LogP contribution >= 0.6 is 23.2 Å². The van der Waals surface area contributed by atoms with Gasteiger partial charge in [-0.2, -0.15) is 0 Å². The SMILES string of the molecule is C[C@H]([NH2+]CC(=O)Nc1ccc(Cl)cc1Cl)c1ccccc1. The number of rotatable bonds is 5. The highest BCUT2D eigenvalue weighted by Gasteiger charge is 2.12. The van der Waals surface area contributed by atoms with E-state index in [0.29, 0.717) is 22.3 Å². The maximum atomic E-state index is 12.0. The van der Waals surface area contributed by atoms with Crippen LogP contribution in [0.5, 0.6) is 0 Å². The van der Waals surface area contributed by atoms with E-state index in [1.54, 1.807) is 18.2 Å². The molecule has 1 atom stereocenters. The lowest BCUT2D eigenvalue weighted by molar-refractivity contribution is -0.682. The van der Waals surface area contributed by atoms with Gasteiger partial charge in [0.1, 0.15) is 6.04 Å². The van der Waals surface area contributed by atoms with E-state index in [9.17, 15) is 4.79 Å². The molecule has 1 amide bonds. The second kappa shape index (κ2) is 7.46. The van der Waals surface area contributed by atoms with Crippen molar-refractivity contribution in [3.8, 4) is 0 Å². The fourth-order valence-electron chi connectivity index (χ4n) is 1.97. The Morgan fingerprint density at radius 1 is 1.19 bits per heavy atom. The van der Waals surface area contributed by atoms with Crippen LogP contribution in [0.15, 0.2) is 48.5 Å². The molecule has 0 bridgehead atoms. The molecule has 2 rings (SSSR count). The molecule has 0 aliphatic carbocycles. The highest BCUT2D eigenvalue weighted by molar-refractivity contribution is 6.36. The lowest BCUT2D eigenvalue weighted by atomic mass is 10.1. The molecule has 0 saturated carbocycles. The molecule has 0 fully saturated rings. The van der Waals surface area contributed by atoms with Crippen LogP contribution in [0.25, 0.3) is 0 Å². The molecule has 2 aromatic carbocycles. The molecule has 0 unspecified atom stereocenters. The van der Waals surface area contributed by atoms with Gasteiger partial charge in [-0.05, 0) is 25.1 Å². The smallest absolute Gasteiger partial charge is 0.279 e. The number of hydrogen-bond acceptors (Lipinski definition) is 1. The van der Waals surface area contributed by atoms with Crippen molar-refractivity contribution in [1.82, 2.24) is 0 Å². The first-order valence-electron chi connectivity index (χ1n) is 6.69. The first-order valence-corrected chi connectivity index (χ1v) is 7.45. The molecule has 0 aromatic heterocycles. The summed E-state index contributed by atoms with van der Waals surface area (Å²) in [6, 6.07) is 15.3. The minimum Gasteiger partial charge on any atom is -0.333 e. The van der Waals surface area contributed by atoms with Gasteiger partial charge in [0.25, 0.3) is 5.91 Å². The number of amides is 1. The van der Waals surface area contributed by atoms with E-state index in [1.165, 1.54) is 5.56 Å². The summed E-state index contributed by atoms with van der Waals surface area (Å²) < 4.78 is 0. The molecule has 2 aromatic rings. The van der Waals surface area contributed by atoms with Crippen LogP contribution in [0.4, 0.5) is 5.69 Å². The largest absolute Gasteiger partial charge is 0.333 e. The van der Waals surface area contributed by atoms with Crippen molar-refractivity contribution in [3.05, 3.63) is 64.1 Å².